The molecule has 1 aromatic carbocycles. The van der Waals surface area contributed by atoms with Crippen molar-refractivity contribution in [3.05, 3.63) is 46.0 Å². The molecule has 0 aliphatic carbocycles. The third kappa shape index (κ3) is 3.38. The Bertz CT molecular complexity index is 539. The van der Waals surface area contributed by atoms with E-state index in [1.807, 2.05) is 12.1 Å². The Morgan fingerprint density at radius 1 is 1.06 bits per heavy atom. The molecule has 7 heteroatoms. The first kappa shape index (κ1) is 12.7. The van der Waals surface area contributed by atoms with Gasteiger partial charge in [0.1, 0.15) is 6.29 Å². The Morgan fingerprint density at radius 2 is 1.67 bits per heavy atom. The van der Waals surface area contributed by atoms with Gasteiger partial charge in [-0.05, 0) is 28.8 Å². The van der Waals surface area contributed by atoms with E-state index in [-0.39, 0.29) is 10.6 Å². The molecule has 0 aliphatic heterocycles. The van der Waals surface area contributed by atoms with Gasteiger partial charge in [0.25, 0.3) is 0 Å². The van der Waals surface area contributed by atoms with E-state index < -0.39 is 0 Å². The van der Waals surface area contributed by atoms with Gasteiger partial charge in [-0.25, -0.2) is 0 Å². The lowest BCUT2D eigenvalue weighted by Crippen LogP contribution is -2.04. The van der Waals surface area contributed by atoms with Crippen LogP contribution in [0.15, 0.2) is 24.3 Å². The van der Waals surface area contributed by atoms with Crippen molar-refractivity contribution < 1.29 is 4.79 Å². The standard InChI is InChI=1S/C11H8Cl2N4O/c12-9-15-10(13)17-11(16-9)14-5-7-1-3-8(6-18)4-2-7/h1-4,6H,5H2,(H,14,15,16,17). The van der Waals surface area contributed by atoms with Crippen molar-refractivity contribution in [2.75, 3.05) is 5.32 Å². The van der Waals surface area contributed by atoms with E-state index in [0.29, 0.717) is 18.1 Å². The first-order valence-electron chi connectivity index (χ1n) is 5.02. The first-order valence-corrected chi connectivity index (χ1v) is 5.78. The molecule has 92 valence electrons. The summed E-state index contributed by atoms with van der Waals surface area (Å²) >= 11 is 11.3. The Labute approximate surface area is 113 Å². The van der Waals surface area contributed by atoms with Gasteiger partial charge in [-0.1, -0.05) is 24.3 Å². The summed E-state index contributed by atoms with van der Waals surface area (Å²) in [4.78, 5) is 21.9. The SMILES string of the molecule is O=Cc1ccc(CNc2nc(Cl)nc(Cl)n2)cc1. The summed E-state index contributed by atoms with van der Waals surface area (Å²) in [6, 6.07) is 7.14. The van der Waals surface area contributed by atoms with Crippen molar-refractivity contribution in [1.82, 2.24) is 15.0 Å². The van der Waals surface area contributed by atoms with Gasteiger partial charge < -0.3 is 5.32 Å². The van der Waals surface area contributed by atoms with Gasteiger partial charge in [0, 0.05) is 12.1 Å². The van der Waals surface area contributed by atoms with E-state index in [1.54, 1.807) is 12.1 Å². The molecule has 0 bridgehead atoms. The van der Waals surface area contributed by atoms with Crippen LogP contribution in [0.3, 0.4) is 0 Å². The molecule has 1 aromatic heterocycles. The summed E-state index contributed by atoms with van der Waals surface area (Å²) in [7, 11) is 0. The van der Waals surface area contributed by atoms with Crippen LogP contribution in [0.25, 0.3) is 0 Å². The molecule has 0 spiro atoms. The number of anilines is 1. The van der Waals surface area contributed by atoms with Crippen LogP contribution in [0.5, 0.6) is 0 Å². The van der Waals surface area contributed by atoms with Gasteiger partial charge in [0.15, 0.2) is 0 Å². The number of hydrogen-bond acceptors (Lipinski definition) is 5. The number of carbonyl (C=O) groups excluding carboxylic acids is 1. The second-order valence-electron chi connectivity index (χ2n) is 3.41. The number of carbonyl (C=O) groups is 1. The number of hydrogen-bond donors (Lipinski definition) is 1. The number of rotatable bonds is 4. The molecule has 0 radical (unpaired) electrons. The summed E-state index contributed by atoms with van der Waals surface area (Å²) in [6.45, 7) is 0.496. The summed E-state index contributed by atoms with van der Waals surface area (Å²) in [5, 5.41) is 3.03. The normalized spacial score (nSPS) is 10.1. The Morgan fingerprint density at radius 3 is 2.22 bits per heavy atom. The van der Waals surface area contributed by atoms with Crippen LogP contribution in [0.1, 0.15) is 15.9 Å². The molecule has 2 aromatic rings. The molecular weight excluding hydrogens is 275 g/mol. The van der Waals surface area contributed by atoms with Gasteiger partial charge >= 0.3 is 0 Å². The van der Waals surface area contributed by atoms with E-state index in [1.165, 1.54) is 0 Å². The molecule has 0 unspecified atom stereocenters. The maximum Gasteiger partial charge on any atom is 0.228 e. The maximum absolute atomic E-state index is 10.5. The van der Waals surface area contributed by atoms with Crippen LogP contribution < -0.4 is 5.32 Å². The van der Waals surface area contributed by atoms with Gasteiger partial charge in [-0.15, -0.1) is 0 Å². The minimum atomic E-state index is 0.0359. The topological polar surface area (TPSA) is 67.8 Å². The number of aldehydes is 1. The van der Waals surface area contributed by atoms with Gasteiger partial charge in [0.05, 0.1) is 0 Å². The highest BCUT2D eigenvalue weighted by Gasteiger charge is 2.02. The highest BCUT2D eigenvalue weighted by Crippen LogP contribution is 2.11. The predicted octanol–water partition coefficient (Wildman–Crippen LogP) is 2.60. The largest absolute Gasteiger partial charge is 0.350 e. The molecule has 0 amide bonds. The zero-order valence-corrected chi connectivity index (χ0v) is 10.6. The van der Waals surface area contributed by atoms with Crippen molar-refractivity contribution in [2.24, 2.45) is 0 Å². The fourth-order valence-electron chi connectivity index (χ4n) is 1.30. The van der Waals surface area contributed by atoms with Crippen LogP contribution in [0.2, 0.25) is 10.6 Å². The lowest BCUT2D eigenvalue weighted by Gasteiger charge is -2.05. The molecule has 5 nitrogen and oxygen atoms in total. The lowest BCUT2D eigenvalue weighted by molar-refractivity contribution is 0.112. The van der Waals surface area contributed by atoms with Crippen LogP contribution in [-0.2, 0) is 6.54 Å². The second-order valence-corrected chi connectivity index (χ2v) is 4.09. The molecule has 0 atom stereocenters. The fraction of sp³-hybridized carbons (Fsp3) is 0.0909. The van der Waals surface area contributed by atoms with Crippen LogP contribution in [-0.4, -0.2) is 21.2 Å². The van der Waals surface area contributed by atoms with Crippen molar-refractivity contribution in [1.29, 1.82) is 0 Å². The van der Waals surface area contributed by atoms with E-state index >= 15 is 0 Å². The predicted molar refractivity (Wildman–Crippen MR) is 69.0 cm³/mol. The number of nitrogens with zero attached hydrogens (tertiary/aromatic N) is 3. The number of aromatic nitrogens is 3. The van der Waals surface area contributed by atoms with Crippen LogP contribution in [0, 0.1) is 0 Å². The highest BCUT2D eigenvalue weighted by atomic mass is 35.5. The van der Waals surface area contributed by atoms with Crippen LogP contribution >= 0.6 is 23.2 Å². The summed E-state index contributed by atoms with van der Waals surface area (Å²) < 4.78 is 0. The lowest BCUT2D eigenvalue weighted by atomic mass is 10.1. The maximum atomic E-state index is 10.5. The zero-order chi connectivity index (χ0) is 13.0. The second kappa shape index (κ2) is 5.75. The fourth-order valence-corrected chi connectivity index (χ4v) is 1.66. The van der Waals surface area contributed by atoms with E-state index in [9.17, 15) is 4.79 Å². The Balaban J connectivity index is 2.03. The molecule has 18 heavy (non-hydrogen) atoms. The highest BCUT2D eigenvalue weighted by molar-refractivity contribution is 6.31. The van der Waals surface area contributed by atoms with Gasteiger partial charge in [-0.2, -0.15) is 15.0 Å². The number of halogens is 2. The molecular formula is C11H8Cl2N4O. The molecule has 0 saturated heterocycles. The summed E-state index contributed by atoms with van der Waals surface area (Å²) in [6.07, 6.45) is 0.794. The average Bonchev–Trinajstić information content (AvgIpc) is 2.36. The minimum Gasteiger partial charge on any atom is -0.350 e. The Kier molecular flexibility index (Phi) is 4.07. The zero-order valence-electron chi connectivity index (χ0n) is 9.10. The van der Waals surface area contributed by atoms with Crippen LogP contribution in [0.4, 0.5) is 5.95 Å². The van der Waals surface area contributed by atoms with Crippen molar-refractivity contribution in [3.63, 3.8) is 0 Å². The van der Waals surface area contributed by atoms with E-state index in [0.717, 1.165) is 11.8 Å². The monoisotopic (exact) mass is 282 g/mol. The van der Waals surface area contributed by atoms with Gasteiger partial charge in [-0.3, -0.25) is 4.79 Å². The quantitative estimate of drug-likeness (QED) is 0.873. The third-order valence-electron chi connectivity index (χ3n) is 2.15. The average molecular weight is 283 g/mol. The molecule has 0 aliphatic rings. The third-order valence-corrected chi connectivity index (χ3v) is 2.49. The molecule has 0 fully saturated rings. The van der Waals surface area contributed by atoms with E-state index in [4.69, 9.17) is 23.2 Å². The number of benzene rings is 1. The summed E-state index contributed by atoms with van der Waals surface area (Å²) in [5.74, 6) is 0.305. The molecule has 1 heterocycles. The smallest absolute Gasteiger partial charge is 0.228 e. The van der Waals surface area contributed by atoms with Crippen molar-refractivity contribution in [3.8, 4) is 0 Å². The minimum absolute atomic E-state index is 0.0359. The van der Waals surface area contributed by atoms with E-state index in [2.05, 4.69) is 20.3 Å². The number of nitrogens with one attached hydrogen (secondary N) is 1. The molecule has 2 rings (SSSR count). The van der Waals surface area contributed by atoms with Gasteiger partial charge in [0.2, 0.25) is 16.5 Å². The Hall–Kier alpha value is -1.72. The molecule has 0 saturated carbocycles. The van der Waals surface area contributed by atoms with Crippen molar-refractivity contribution in [2.45, 2.75) is 6.54 Å². The summed E-state index contributed by atoms with van der Waals surface area (Å²) in [5.41, 5.74) is 1.61. The van der Waals surface area contributed by atoms with Crippen molar-refractivity contribution >= 4 is 35.4 Å². The molecule has 1 N–H and O–H groups in total. The first-order chi connectivity index (χ1) is 8.67.